The zero-order chi connectivity index (χ0) is 18.6. The Bertz CT molecular complexity index is 796. The smallest absolute Gasteiger partial charge is 0.331 e. The molecular weight excluding hydrogens is 352 g/mol. The molecule has 1 fully saturated rings. The van der Waals surface area contributed by atoms with E-state index >= 15 is 0 Å². The van der Waals surface area contributed by atoms with E-state index in [2.05, 4.69) is 10.3 Å². The Kier molecular flexibility index (Phi) is 5.56. The van der Waals surface area contributed by atoms with Crippen molar-refractivity contribution in [3.63, 3.8) is 0 Å². The lowest BCUT2D eigenvalue weighted by Crippen LogP contribution is -2.56. The third-order valence-corrected chi connectivity index (χ3v) is 5.59. The van der Waals surface area contributed by atoms with Gasteiger partial charge in [-0.1, -0.05) is 31.4 Å². The first-order valence-corrected chi connectivity index (χ1v) is 9.47. The van der Waals surface area contributed by atoms with Crippen LogP contribution in [-0.2, 0) is 9.53 Å². The van der Waals surface area contributed by atoms with Gasteiger partial charge in [0.15, 0.2) is 0 Å². The molecular formula is C19H22N2O4S. The molecule has 1 aliphatic rings. The number of aromatic nitrogens is 1. The molecule has 0 saturated heterocycles. The number of benzene rings is 1. The highest BCUT2D eigenvalue weighted by atomic mass is 32.1. The third-order valence-electron chi connectivity index (χ3n) is 4.71. The van der Waals surface area contributed by atoms with Crippen LogP contribution in [0.5, 0.6) is 5.75 Å². The quantitative estimate of drug-likeness (QED) is 0.812. The standard InChI is InChI=1S/C19H22N2O4S/c1-24-15-9-5-4-8-13(15)17-20-14(12-26-17)16(22)21-19(18(23)25-2)10-6-3-7-11-19/h4-5,8-9,12H,3,6-7,10-11H2,1-2H3,(H,21,22). The molecule has 0 radical (unpaired) electrons. The van der Waals surface area contributed by atoms with Crippen LogP contribution in [0, 0.1) is 0 Å². The van der Waals surface area contributed by atoms with Crippen LogP contribution in [0.4, 0.5) is 0 Å². The summed E-state index contributed by atoms with van der Waals surface area (Å²) in [6, 6.07) is 7.53. The predicted molar refractivity (Wildman–Crippen MR) is 99.4 cm³/mol. The minimum Gasteiger partial charge on any atom is -0.496 e. The van der Waals surface area contributed by atoms with Gasteiger partial charge in [-0.15, -0.1) is 11.3 Å². The number of carbonyl (C=O) groups is 2. The minimum absolute atomic E-state index is 0.296. The van der Waals surface area contributed by atoms with Crippen LogP contribution < -0.4 is 10.1 Å². The molecule has 138 valence electrons. The number of methoxy groups -OCH3 is 2. The van der Waals surface area contributed by atoms with Gasteiger partial charge in [-0.3, -0.25) is 4.79 Å². The second-order valence-electron chi connectivity index (χ2n) is 6.33. The zero-order valence-electron chi connectivity index (χ0n) is 14.9. The average Bonchev–Trinajstić information content (AvgIpc) is 3.18. The molecule has 1 amide bonds. The number of esters is 1. The molecule has 0 aliphatic heterocycles. The van der Waals surface area contributed by atoms with Gasteiger partial charge in [0, 0.05) is 5.38 Å². The Morgan fingerprint density at radius 3 is 2.58 bits per heavy atom. The Labute approximate surface area is 156 Å². The van der Waals surface area contributed by atoms with Gasteiger partial charge < -0.3 is 14.8 Å². The summed E-state index contributed by atoms with van der Waals surface area (Å²) in [5, 5.41) is 5.29. The topological polar surface area (TPSA) is 77.5 Å². The molecule has 1 aromatic carbocycles. The van der Waals surface area contributed by atoms with E-state index in [9.17, 15) is 9.59 Å². The van der Waals surface area contributed by atoms with Crippen LogP contribution in [0.15, 0.2) is 29.6 Å². The van der Waals surface area contributed by atoms with E-state index < -0.39 is 5.54 Å². The number of carbonyl (C=O) groups excluding carboxylic acids is 2. The molecule has 2 aromatic rings. The molecule has 6 nitrogen and oxygen atoms in total. The number of nitrogens with zero attached hydrogens (tertiary/aromatic N) is 1. The van der Waals surface area contributed by atoms with Gasteiger partial charge in [-0.05, 0) is 25.0 Å². The van der Waals surface area contributed by atoms with Gasteiger partial charge >= 0.3 is 5.97 Å². The van der Waals surface area contributed by atoms with Crippen molar-refractivity contribution in [2.45, 2.75) is 37.6 Å². The molecule has 0 bridgehead atoms. The van der Waals surface area contributed by atoms with Crippen molar-refractivity contribution in [3.05, 3.63) is 35.3 Å². The second-order valence-corrected chi connectivity index (χ2v) is 7.18. The summed E-state index contributed by atoms with van der Waals surface area (Å²) >= 11 is 1.37. The summed E-state index contributed by atoms with van der Waals surface area (Å²) < 4.78 is 10.3. The summed E-state index contributed by atoms with van der Waals surface area (Å²) in [6.07, 6.45) is 4.02. The largest absolute Gasteiger partial charge is 0.496 e. The Morgan fingerprint density at radius 2 is 1.88 bits per heavy atom. The predicted octanol–water partition coefficient (Wildman–Crippen LogP) is 3.42. The fourth-order valence-electron chi connectivity index (χ4n) is 3.34. The fourth-order valence-corrected chi connectivity index (χ4v) is 4.16. The van der Waals surface area contributed by atoms with E-state index in [1.54, 1.807) is 12.5 Å². The van der Waals surface area contributed by atoms with Crippen molar-refractivity contribution in [2.24, 2.45) is 0 Å². The molecule has 0 atom stereocenters. The molecule has 1 aromatic heterocycles. The Morgan fingerprint density at radius 1 is 1.15 bits per heavy atom. The number of para-hydroxylation sites is 1. The number of nitrogens with one attached hydrogen (secondary N) is 1. The lowest BCUT2D eigenvalue weighted by atomic mass is 9.81. The van der Waals surface area contributed by atoms with Gasteiger partial charge in [-0.2, -0.15) is 0 Å². The van der Waals surface area contributed by atoms with Crippen LogP contribution in [-0.4, -0.2) is 36.6 Å². The monoisotopic (exact) mass is 374 g/mol. The first kappa shape index (κ1) is 18.4. The first-order valence-electron chi connectivity index (χ1n) is 8.59. The third kappa shape index (κ3) is 3.58. The van der Waals surface area contributed by atoms with E-state index in [1.807, 2.05) is 24.3 Å². The molecule has 7 heteroatoms. The van der Waals surface area contributed by atoms with Crippen LogP contribution in [0.1, 0.15) is 42.6 Å². The molecule has 1 aliphatic carbocycles. The Balaban J connectivity index is 1.82. The van der Waals surface area contributed by atoms with E-state index in [0.29, 0.717) is 29.3 Å². The van der Waals surface area contributed by atoms with Gasteiger partial charge in [0.05, 0.1) is 19.8 Å². The van der Waals surface area contributed by atoms with E-state index in [1.165, 1.54) is 18.4 Å². The van der Waals surface area contributed by atoms with Crippen molar-refractivity contribution in [3.8, 4) is 16.3 Å². The van der Waals surface area contributed by atoms with Gasteiger partial charge in [0.1, 0.15) is 22.0 Å². The number of hydrogen-bond donors (Lipinski definition) is 1. The van der Waals surface area contributed by atoms with Crippen LogP contribution in [0.3, 0.4) is 0 Å². The van der Waals surface area contributed by atoms with Crippen molar-refractivity contribution in [2.75, 3.05) is 14.2 Å². The van der Waals surface area contributed by atoms with Crippen LogP contribution in [0.25, 0.3) is 10.6 Å². The van der Waals surface area contributed by atoms with Gasteiger partial charge in [-0.25, -0.2) is 9.78 Å². The number of rotatable bonds is 5. The minimum atomic E-state index is -0.946. The lowest BCUT2D eigenvalue weighted by Gasteiger charge is -2.34. The second kappa shape index (κ2) is 7.86. The number of amides is 1. The lowest BCUT2D eigenvalue weighted by molar-refractivity contribution is -0.149. The van der Waals surface area contributed by atoms with Gasteiger partial charge in [0.2, 0.25) is 0 Å². The fraction of sp³-hybridized carbons (Fsp3) is 0.421. The number of ether oxygens (including phenoxy) is 2. The molecule has 1 heterocycles. The highest BCUT2D eigenvalue weighted by Crippen LogP contribution is 2.33. The van der Waals surface area contributed by atoms with E-state index in [4.69, 9.17) is 9.47 Å². The summed E-state index contributed by atoms with van der Waals surface area (Å²) in [6.45, 7) is 0. The van der Waals surface area contributed by atoms with E-state index in [-0.39, 0.29) is 11.9 Å². The number of hydrogen-bond acceptors (Lipinski definition) is 6. The molecule has 26 heavy (non-hydrogen) atoms. The molecule has 1 N–H and O–H groups in total. The van der Waals surface area contributed by atoms with Crippen molar-refractivity contribution in [1.82, 2.24) is 10.3 Å². The summed E-state index contributed by atoms with van der Waals surface area (Å²) in [5.74, 6) is -0.0347. The van der Waals surface area contributed by atoms with Crippen LogP contribution >= 0.6 is 11.3 Å². The highest BCUT2D eigenvalue weighted by molar-refractivity contribution is 7.13. The maximum atomic E-state index is 12.7. The highest BCUT2D eigenvalue weighted by Gasteiger charge is 2.42. The van der Waals surface area contributed by atoms with E-state index in [0.717, 1.165) is 24.8 Å². The summed E-state index contributed by atoms with van der Waals surface area (Å²) in [4.78, 5) is 29.5. The van der Waals surface area contributed by atoms with Crippen molar-refractivity contribution >= 4 is 23.2 Å². The van der Waals surface area contributed by atoms with Crippen molar-refractivity contribution < 1.29 is 19.1 Å². The molecule has 1 saturated carbocycles. The SMILES string of the molecule is COC(=O)C1(NC(=O)c2csc(-c3ccccc3OC)n2)CCCCC1. The molecule has 0 unspecified atom stereocenters. The van der Waals surface area contributed by atoms with Crippen molar-refractivity contribution in [1.29, 1.82) is 0 Å². The number of thiazole rings is 1. The normalized spacial score (nSPS) is 15.9. The zero-order valence-corrected chi connectivity index (χ0v) is 15.7. The first-order chi connectivity index (χ1) is 12.6. The Hall–Kier alpha value is -2.41. The summed E-state index contributed by atoms with van der Waals surface area (Å²) in [7, 11) is 2.96. The maximum absolute atomic E-state index is 12.7. The average molecular weight is 374 g/mol. The van der Waals surface area contributed by atoms with Crippen LogP contribution in [0.2, 0.25) is 0 Å². The van der Waals surface area contributed by atoms with Gasteiger partial charge in [0.25, 0.3) is 5.91 Å². The summed E-state index contributed by atoms with van der Waals surface area (Å²) in [5.41, 5.74) is 0.183. The maximum Gasteiger partial charge on any atom is 0.331 e. The molecule has 3 rings (SSSR count). The molecule has 0 spiro atoms.